The molecule has 5 nitrogen and oxygen atoms in total. The number of urea groups is 1. The Balaban J connectivity index is 1.85. The number of amides is 2. The maximum absolute atomic E-state index is 12.1. The monoisotopic (exact) mass is 319 g/mol. The van der Waals surface area contributed by atoms with Gasteiger partial charge in [0.1, 0.15) is 0 Å². The first-order valence-corrected chi connectivity index (χ1v) is 8.31. The lowest BCUT2D eigenvalue weighted by Crippen LogP contribution is -2.48. The topological polar surface area (TPSA) is 64.6 Å². The summed E-state index contributed by atoms with van der Waals surface area (Å²) in [7, 11) is 4.08. The van der Waals surface area contributed by atoms with Crippen molar-refractivity contribution in [2.24, 2.45) is 5.41 Å². The number of carbonyl (C=O) groups excluding carboxylic acids is 1. The third-order valence-corrected chi connectivity index (χ3v) is 4.69. The molecular formula is C18H29N3O2. The van der Waals surface area contributed by atoms with Crippen molar-refractivity contribution in [2.45, 2.75) is 45.3 Å². The molecule has 0 aromatic heterocycles. The summed E-state index contributed by atoms with van der Waals surface area (Å²) in [6.45, 7) is 3.55. The number of hydrogen-bond donors (Lipinski definition) is 3. The molecule has 2 rings (SSSR count). The van der Waals surface area contributed by atoms with Crippen molar-refractivity contribution in [3.8, 4) is 0 Å². The first kappa shape index (κ1) is 17.8. The first-order valence-electron chi connectivity index (χ1n) is 8.31. The second kappa shape index (κ2) is 7.79. The van der Waals surface area contributed by atoms with Crippen molar-refractivity contribution in [3.05, 3.63) is 35.4 Å². The van der Waals surface area contributed by atoms with Crippen LogP contribution in [-0.4, -0.2) is 42.8 Å². The summed E-state index contributed by atoms with van der Waals surface area (Å²) in [6, 6.07) is 8.14. The second-order valence-corrected chi connectivity index (χ2v) is 7.14. The van der Waals surface area contributed by atoms with Crippen LogP contribution in [0.25, 0.3) is 0 Å². The molecule has 0 spiro atoms. The summed E-state index contributed by atoms with van der Waals surface area (Å²) < 4.78 is 0. The van der Waals surface area contributed by atoms with Gasteiger partial charge in [-0.2, -0.15) is 0 Å². The molecule has 0 radical (unpaired) electrons. The minimum Gasteiger partial charge on any atom is -0.396 e. The van der Waals surface area contributed by atoms with Crippen LogP contribution in [0.4, 0.5) is 4.79 Å². The summed E-state index contributed by atoms with van der Waals surface area (Å²) in [4.78, 5) is 14.2. The van der Waals surface area contributed by atoms with E-state index in [1.165, 1.54) is 5.56 Å². The van der Waals surface area contributed by atoms with Crippen LogP contribution in [0, 0.1) is 5.41 Å². The minimum absolute atomic E-state index is 0.0487. The molecular weight excluding hydrogens is 290 g/mol. The molecule has 0 saturated heterocycles. The summed E-state index contributed by atoms with van der Waals surface area (Å²) in [5.74, 6) is 0. The zero-order valence-electron chi connectivity index (χ0n) is 14.4. The van der Waals surface area contributed by atoms with Crippen molar-refractivity contribution in [1.82, 2.24) is 15.5 Å². The average Bonchev–Trinajstić information content (AvgIpc) is 2.87. The molecule has 128 valence electrons. The Hall–Kier alpha value is -1.59. The lowest BCUT2D eigenvalue weighted by molar-refractivity contribution is 0.121. The van der Waals surface area contributed by atoms with Gasteiger partial charge in [-0.1, -0.05) is 37.6 Å². The van der Waals surface area contributed by atoms with Crippen molar-refractivity contribution in [3.63, 3.8) is 0 Å². The van der Waals surface area contributed by atoms with Gasteiger partial charge in [-0.25, -0.2) is 4.79 Å². The summed E-state index contributed by atoms with van der Waals surface area (Å²) in [5.41, 5.74) is 2.14. The van der Waals surface area contributed by atoms with Crippen LogP contribution in [0.1, 0.15) is 37.3 Å². The van der Waals surface area contributed by atoms with Gasteiger partial charge in [-0.15, -0.1) is 0 Å². The largest absolute Gasteiger partial charge is 0.396 e. The molecule has 3 N–H and O–H groups in total. The van der Waals surface area contributed by atoms with Gasteiger partial charge in [0.05, 0.1) is 6.61 Å². The zero-order chi connectivity index (χ0) is 16.9. The molecule has 1 saturated carbocycles. The Morgan fingerprint density at radius 3 is 2.83 bits per heavy atom. The maximum atomic E-state index is 12.1. The fraction of sp³-hybridized carbons (Fsp3) is 0.611. The van der Waals surface area contributed by atoms with E-state index in [1.54, 1.807) is 0 Å². The summed E-state index contributed by atoms with van der Waals surface area (Å²) >= 11 is 0. The Labute approximate surface area is 139 Å². The molecule has 1 fully saturated rings. The smallest absolute Gasteiger partial charge is 0.315 e. The van der Waals surface area contributed by atoms with Crippen molar-refractivity contribution in [2.75, 3.05) is 20.7 Å². The third-order valence-electron chi connectivity index (χ3n) is 4.69. The lowest BCUT2D eigenvalue weighted by Gasteiger charge is -2.30. The van der Waals surface area contributed by atoms with Crippen LogP contribution in [0.15, 0.2) is 24.3 Å². The normalized spacial score (nSPS) is 24.0. The van der Waals surface area contributed by atoms with Gasteiger partial charge in [-0.3, -0.25) is 0 Å². The number of hydrogen-bond acceptors (Lipinski definition) is 3. The number of nitrogens with one attached hydrogen (secondary N) is 2. The van der Waals surface area contributed by atoms with Gasteiger partial charge >= 0.3 is 6.03 Å². The number of aliphatic hydroxyl groups is 1. The number of rotatable bonds is 6. The highest BCUT2D eigenvalue weighted by Crippen LogP contribution is 2.37. The maximum Gasteiger partial charge on any atom is 0.315 e. The van der Waals surface area contributed by atoms with E-state index in [1.807, 2.05) is 33.2 Å². The highest BCUT2D eigenvalue weighted by atomic mass is 16.3. The third kappa shape index (κ3) is 4.94. The molecule has 0 aliphatic heterocycles. The van der Waals surface area contributed by atoms with Gasteiger partial charge in [-0.05, 0) is 38.1 Å². The van der Waals surface area contributed by atoms with Crippen LogP contribution in [-0.2, 0) is 13.1 Å². The molecule has 2 atom stereocenters. The number of aliphatic hydroxyl groups excluding tert-OH is 1. The van der Waals surface area contributed by atoms with E-state index < -0.39 is 0 Å². The van der Waals surface area contributed by atoms with E-state index >= 15 is 0 Å². The minimum atomic E-state index is -0.192. The van der Waals surface area contributed by atoms with Crippen LogP contribution in [0.3, 0.4) is 0 Å². The predicted octanol–water partition coefficient (Wildman–Crippen LogP) is 2.10. The van der Waals surface area contributed by atoms with Gasteiger partial charge in [0.25, 0.3) is 0 Å². The fourth-order valence-corrected chi connectivity index (χ4v) is 3.26. The molecule has 0 bridgehead atoms. The standard InChI is InChI=1S/C18H29N3O2/c1-18(13-22)9-5-8-16(18)20-17(23)19-11-14-6-4-7-15(10-14)12-21(2)3/h4,6-7,10,16,22H,5,8-9,11-13H2,1-3H3,(H2,19,20,23). The van der Waals surface area contributed by atoms with Crippen LogP contribution in [0.5, 0.6) is 0 Å². The summed E-state index contributed by atoms with van der Waals surface area (Å²) in [6.07, 6.45) is 2.94. The average molecular weight is 319 g/mol. The molecule has 23 heavy (non-hydrogen) atoms. The van der Waals surface area contributed by atoms with E-state index in [2.05, 4.69) is 27.7 Å². The van der Waals surface area contributed by atoms with Crippen LogP contribution >= 0.6 is 0 Å². The van der Waals surface area contributed by atoms with E-state index in [0.29, 0.717) is 6.54 Å². The van der Waals surface area contributed by atoms with Gasteiger partial charge < -0.3 is 20.6 Å². The number of carbonyl (C=O) groups is 1. The second-order valence-electron chi connectivity index (χ2n) is 7.14. The van der Waals surface area contributed by atoms with Crippen molar-refractivity contribution >= 4 is 6.03 Å². The molecule has 0 heterocycles. The van der Waals surface area contributed by atoms with E-state index in [-0.39, 0.29) is 24.1 Å². The molecule has 1 aromatic carbocycles. The highest BCUT2D eigenvalue weighted by Gasteiger charge is 2.39. The number of nitrogens with zero attached hydrogens (tertiary/aromatic N) is 1. The Morgan fingerprint density at radius 2 is 2.13 bits per heavy atom. The van der Waals surface area contributed by atoms with E-state index in [4.69, 9.17) is 0 Å². The first-order chi connectivity index (χ1) is 10.9. The molecule has 5 heteroatoms. The van der Waals surface area contributed by atoms with Gasteiger partial charge in [0.2, 0.25) is 0 Å². The zero-order valence-corrected chi connectivity index (χ0v) is 14.4. The van der Waals surface area contributed by atoms with Gasteiger partial charge in [0, 0.05) is 24.5 Å². The molecule has 2 unspecified atom stereocenters. The molecule has 1 aliphatic carbocycles. The van der Waals surface area contributed by atoms with E-state index in [0.717, 1.165) is 31.4 Å². The summed E-state index contributed by atoms with van der Waals surface area (Å²) in [5, 5.41) is 15.5. The number of benzene rings is 1. The van der Waals surface area contributed by atoms with Gasteiger partial charge in [0.15, 0.2) is 0 Å². The highest BCUT2D eigenvalue weighted by molar-refractivity contribution is 5.74. The van der Waals surface area contributed by atoms with E-state index in [9.17, 15) is 9.90 Å². The van der Waals surface area contributed by atoms with Crippen LogP contribution in [0.2, 0.25) is 0 Å². The Morgan fingerprint density at radius 1 is 1.39 bits per heavy atom. The predicted molar refractivity (Wildman–Crippen MR) is 92.0 cm³/mol. The fourth-order valence-electron chi connectivity index (χ4n) is 3.26. The van der Waals surface area contributed by atoms with Crippen LogP contribution < -0.4 is 10.6 Å². The van der Waals surface area contributed by atoms with Crippen molar-refractivity contribution < 1.29 is 9.90 Å². The lowest BCUT2D eigenvalue weighted by atomic mass is 9.86. The Kier molecular flexibility index (Phi) is 6.02. The van der Waals surface area contributed by atoms with Crippen molar-refractivity contribution in [1.29, 1.82) is 0 Å². The SMILES string of the molecule is CN(C)Cc1cccc(CNC(=O)NC2CCCC2(C)CO)c1. The molecule has 2 amide bonds. The molecule has 1 aromatic rings. The molecule has 1 aliphatic rings. The Bertz CT molecular complexity index is 533. The quantitative estimate of drug-likeness (QED) is 0.752.